The number of hydrogen-bond donors (Lipinski definition) is 0. The number of anilines is 1. The zero-order valence-corrected chi connectivity index (χ0v) is 17.4. The van der Waals surface area contributed by atoms with E-state index in [1.165, 1.54) is 6.07 Å². The fraction of sp³-hybridized carbons (Fsp3) is 0.217. The van der Waals surface area contributed by atoms with Crippen LogP contribution in [0.3, 0.4) is 0 Å². The Morgan fingerprint density at radius 1 is 1.21 bits per heavy atom. The molecule has 2 aromatic carbocycles. The van der Waals surface area contributed by atoms with Crippen LogP contribution < -0.4 is 4.90 Å². The Bertz CT molecular complexity index is 1210. The fourth-order valence-corrected chi connectivity index (χ4v) is 5.28. The van der Waals surface area contributed by atoms with E-state index in [0.717, 1.165) is 29.9 Å². The lowest BCUT2D eigenvalue weighted by atomic mass is 10.0. The number of hydrogen-bond acceptors (Lipinski definition) is 4. The van der Waals surface area contributed by atoms with Gasteiger partial charge in [-0.25, -0.2) is 18.5 Å². The van der Waals surface area contributed by atoms with E-state index in [-0.39, 0.29) is 21.1 Å². The molecule has 1 aliphatic rings. The molecule has 0 spiro atoms. The quantitative estimate of drug-likeness (QED) is 0.542. The molecule has 146 valence electrons. The molecule has 0 N–H and O–H groups in total. The predicted octanol–water partition coefficient (Wildman–Crippen LogP) is 4.82. The molecule has 6 heteroatoms. The van der Waals surface area contributed by atoms with Gasteiger partial charge < -0.3 is 4.90 Å². The number of fused-ring (bicyclic) bond motifs is 1. The maximum absolute atomic E-state index is 13.2. The summed E-state index contributed by atoms with van der Waals surface area (Å²) in [5.41, 5.74) is 3.11. The lowest BCUT2D eigenvalue weighted by Gasteiger charge is -2.22. The molecule has 0 saturated carbocycles. The van der Waals surface area contributed by atoms with Crippen molar-refractivity contribution in [3.8, 4) is 6.07 Å². The lowest BCUT2D eigenvalue weighted by molar-refractivity contribution is 0.604. The van der Waals surface area contributed by atoms with Crippen molar-refractivity contribution in [1.29, 1.82) is 5.26 Å². The summed E-state index contributed by atoms with van der Waals surface area (Å²) in [4.78, 5) is 5.63. The first-order chi connectivity index (χ1) is 13.9. The summed E-state index contributed by atoms with van der Waals surface area (Å²) >= 11 is 0. The van der Waals surface area contributed by atoms with Crippen LogP contribution in [0.4, 0.5) is 5.69 Å². The molecule has 0 atom stereocenters. The third-order valence-electron chi connectivity index (χ3n) is 5.10. The van der Waals surface area contributed by atoms with Crippen LogP contribution >= 0.6 is 0 Å². The van der Waals surface area contributed by atoms with Gasteiger partial charge in [0, 0.05) is 24.4 Å². The minimum absolute atomic E-state index is 0.00457. The number of aryl methyl sites for hydroxylation is 1. The summed E-state index contributed by atoms with van der Waals surface area (Å²) in [6.45, 7) is 15.2. The molecule has 0 aromatic heterocycles. The maximum atomic E-state index is 13.2. The third-order valence-corrected chi connectivity index (χ3v) is 6.94. The van der Waals surface area contributed by atoms with Gasteiger partial charge in [0.2, 0.25) is 9.84 Å². The van der Waals surface area contributed by atoms with E-state index < -0.39 is 9.84 Å². The van der Waals surface area contributed by atoms with Crippen LogP contribution in [0.1, 0.15) is 30.5 Å². The predicted molar refractivity (Wildman–Crippen MR) is 115 cm³/mol. The SMILES string of the molecule is [C-]#[N+]C(C#N)=C1C(=Cc2ccc(N(CC)CC)cc2C)S(=O)(=O)c2ccccc21. The number of benzene rings is 2. The molecule has 5 nitrogen and oxygen atoms in total. The van der Waals surface area contributed by atoms with Gasteiger partial charge in [0.1, 0.15) is 0 Å². The summed E-state index contributed by atoms with van der Waals surface area (Å²) in [5.74, 6) is 0. The van der Waals surface area contributed by atoms with Gasteiger partial charge in [-0.1, -0.05) is 24.3 Å². The zero-order valence-electron chi connectivity index (χ0n) is 16.6. The van der Waals surface area contributed by atoms with Crippen LogP contribution in [0.15, 0.2) is 58.0 Å². The van der Waals surface area contributed by atoms with Crippen LogP contribution in [0.2, 0.25) is 0 Å². The number of rotatable bonds is 4. The molecule has 29 heavy (non-hydrogen) atoms. The maximum Gasteiger partial charge on any atom is 0.270 e. The molecular weight excluding hydrogens is 382 g/mol. The summed E-state index contributed by atoms with van der Waals surface area (Å²) in [6.07, 6.45) is 1.58. The summed E-state index contributed by atoms with van der Waals surface area (Å²) in [7, 11) is -3.81. The topological polar surface area (TPSA) is 65.5 Å². The highest BCUT2D eigenvalue weighted by Gasteiger charge is 2.37. The van der Waals surface area contributed by atoms with Crippen LogP contribution in [0.25, 0.3) is 16.5 Å². The molecule has 0 fully saturated rings. The molecule has 0 bridgehead atoms. The van der Waals surface area contributed by atoms with Crippen molar-refractivity contribution in [2.24, 2.45) is 0 Å². The molecular formula is C23H21N3O2S. The van der Waals surface area contributed by atoms with Crippen molar-refractivity contribution in [3.05, 3.63) is 81.2 Å². The summed E-state index contributed by atoms with van der Waals surface area (Å²) < 4.78 is 26.4. The Morgan fingerprint density at radius 2 is 1.90 bits per heavy atom. The summed E-state index contributed by atoms with van der Waals surface area (Å²) in [6, 6.07) is 14.2. The molecule has 0 radical (unpaired) electrons. The standard InChI is InChI=1S/C23H21N3O2S/c1-5-26(6-2)18-12-11-17(16(3)13-18)14-22-23(20(15-24)25-4)19-9-7-8-10-21(19)29(22,27)28/h7-14H,5-6H2,1-3H3. The largest absolute Gasteiger partial charge is 0.372 e. The first kappa shape index (κ1) is 20.4. The van der Waals surface area contributed by atoms with Crippen molar-refractivity contribution in [3.63, 3.8) is 0 Å². The monoisotopic (exact) mass is 403 g/mol. The van der Waals surface area contributed by atoms with E-state index >= 15 is 0 Å². The van der Waals surface area contributed by atoms with Crippen LogP contribution in [-0.4, -0.2) is 21.5 Å². The van der Waals surface area contributed by atoms with Crippen LogP contribution in [0.5, 0.6) is 0 Å². The van der Waals surface area contributed by atoms with Crippen LogP contribution in [-0.2, 0) is 9.84 Å². The van der Waals surface area contributed by atoms with Gasteiger partial charge in [-0.3, -0.25) is 0 Å². The van der Waals surface area contributed by atoms with E-state index in [1.807, 2.05) is 31.2 Å². The lowest BCUT2D eigenvalue weighted by Crippen LogP contribution is -2.21. The van der Waals surface area contributed by atoms with E-state index in [9.17, 15) is 13.7 Å². The van der Waals surface area contributed by atoms with Gasteiger partial charge in [-0.2, -0.15) is 0 Å². The molecule has 0 aliphatic carbocycles. The Kier molecular flexibility index (Phi) is 5.59. The van der Waals surface area contributed by atoms with Gasteiger partial charge in [0.05, 0.1) is 22.4 Å². The minimum atomic E-state index is -3.81. The highest BCUT2D eigenvalue weighted by atomic mass is 32.2. The van der Waals surface area contributed by atoms with Crippen LogP contribution in [0, 0.1) is 24.8 Å². The molecule has 0 saturated heterocycles. The average molecular weight is 404 g/mol. The molecule has 1 heterocycles. The van der Waals surface area contributed by atoms with E-state index in [0.29, 0.717) is 5.56 Å². The number of sulfone groups is 1. The highest BCUT2D eigenvalue weighted by Crippen LogP contribution is 2.45. The minimum Gasteiger partial charge on any atom is -0.372 e. The second kappa shape index (κ2) is 7.95. The van der Waals surface area contributed by atoms with Gasteiger partial charge in [-0.15, -0.1) is 0 Å². The third kappa shape index (κ3) is 3.44. The van der Waals surface area contributed by atoms with Crippen molar-refractivity contribution in [2.75, 3.05) is 18.0 Å². The Balaban J connectivity index is 2.25. The smallest absolute Gasteiger partial charge is 0.270 e. The molecule has 3 rings (SSSR count). The number of nitriles is 1. The van der Waals surface area contributed by atoms with E-state index in [1.54, 1.807) is 24.3 Å². The fourth-order valence-electron chi connectivity index (χ4n) is 3.57. The summed E-state index contributed by atoms with van der Waals surface area (Å²) in [5, 5.41) is 9.42. The highest BCUT2D eigenvalue weighted by molar-refractivity contribution is 7.96. The van der Waals surface area contributed by atoms with E-state index in [2.05, 4.69) is 23.6 Å². The van der Waals surface area contributed by atoms with Crippen molar-refractivity contribution in [1.82, 2.24) is 0 Å². The van der Waals surface area contributed by atoms with Gasteiger partial charge in [0.15, 0.2) is 0 Å². The number of nitrogens with zero attached hydrogens (tertiary/aromatic N) is 3. The van der Waals surface area contributed by atoms with Gasteiger partial charge in [-0.05, 0) is 61.7 Å². The first-order valence-corrected chi connectivity index (χ1v) is 10.8. The Morgan fingerprint density at radius 3 is 2.48 bits per heavy atom. The van der Waals surface area contributed by atoms with Crippen molar-refractivity contribution in [2.45, 2.75) is 25.7 Å². The molecule has 0 amide bonds. The van der Waals surface area contributed by atoms with E-state index in [4.69, 9.17) is 6.57 Å². The normalized spacial score (nSPS) is 17.3. The Hall–Kier alpha value is -3.35. The molecule has 2 aromatic rings. The second-order valence-corrected chi connectivity index (χ2v) is 8.56. The van der Waals surface area contributed by atoms with Crippen molar-refractivity contribution >= 4 is 27.2 Å². The van der Waals surface area contributed by atoms with Gasteiger partial charge in [0.25, 0.3) is 5.70 Å². The van der Waals surface area contributed by atoms with Gasteiger partial charge >= 0.3 is 0 Å². The number of allylic oxidation sites excluding steroid dienone is 2. The molecule has 1 aliphatic heterocycles. The van der Waals surface area contributed by atoms with Crippen molar-refractivity contribution < 1.29 is 8.42 Å². The molecule has 0 unspecified atom stereocenters. The second-order valence-electron chi connectivity index (χ2n) is 6.67. The average Bonchev–Trinajstić information content (AvgIpc) is 2.93. The first-order valence-electron chi connectivity index (χ1n) is 9.33. The zero-order chi connectivity index (χ0) is 21.2. The Labute approximate surface area is 171 Å².